The molecule has 0 unspecified atom stereocenters. The Bertz CT molecular complexity index is 834. The Morgan fingerprint density at radius 2 is 2.04 bits per heavy atom. The molecule has 138 valence electrons. The minimum atomic E-state index is -1.01. The van der Waals surface area contributed by atoms with Crippen LogP contribution in [0, 0.1) is 13.8 Å². The van der Waals surface area contributed by atoms with E-state index >= 15 is 0 Å². The molecule has 2 aromatic rings. The molecule has 26 heavy (non-hydrogen) atoms. The molecule has 0 aliphatic rings. The van der Waals surface area contributed by atoms with Crippen LogP contribution in [-0.4, -0.2) is 28.7 Å². The number of amides is 1. The third kappa shape index (κ3) is 5.37. The van der Waals surface area contributed by atoms with Crippen molar-refractivity contribution in [2.75, 3.05) is 5.32 Å². The Balaban J connectivity index is 1.83. The number of hydrogen-bond donors (Lipinski definition) is 1. The molecule has 0 fully saturated rings. The van der Waals surface area contributed by atoms with E-state index in [1.54, 1.807) is 23.5 Å². The van der Waals surface area contributed by atoms with Gasteiger partial charge in [-0.3, -0.25) is 14.4 Å². The van der Waals surface area contributed by atoms with Gasteiger partial charge >= 0.3 is 5.97 Å². The number of nitrogens with zero attached hydrogens (tertiary/aromatic N) is 1. The van der Waals surface area contributed by atoms with Crippen molar-refractivity contribution >= 4 is 46.3 Å². The van der Waals surface area contributed by atoms with Crippen molar-refractivity contribution in [1.29, 1.82) is 0 Å². The predicted molar refractivity (Wildman–Crippen MR) is 101 cm³/mol. The molecular weight excluding hydrogens is 376 g/mol. The number of pyridine rings is 1. The number of thiophene rings is 1. The number of Topliss-reactive ketones (excluding diaryl/α,β-unsaturated/α-hetero) is 1. The maximum atomic E-state index is 12.2. The summed E-state index contributed by atoms with van der Waals surface area (Å²) in [6.45, 7) is 5.25. The molecular formula is C18H19ClN2O4S. The lowest BCUT2D eigenvalue weighted by molar-refractivity contribution is -0.153. The van der Waals surface area contributed by atoms with Crippen LogP contribution in [0.25, 0.3) is 0 Å². The summed E-state index contributed by atoms with van der Waals surface area (Å²) >= 11 is 7.41. The van der Waals surface area contributed by atoms with Gasteiger partial charge in [0.05, 0.1) is 12.1 Å². The normalized spacial score (nSPS) is 11.7. The van der Waals surface area contributed by atoms with E-state index < -0.39 is 18.0 Å². The van der Waals surface area contributed by atoms with Crippen molar-refractivity contribution in [2.45, 2.75) is 39.7 Å². The summed E-state index contributed by atoms with van der Waals surface area (Å²) in [6.07, 6.45) is 0.436. The van der Waals surface area contributed by atoms with E-state index in [2.05, 4.69) is 10.3 Å². The first kappa shape index (κ1) is 20.1. The molecule has 2 rings (SSSR count). The first-order valence-corrected chi connectivity index (χ1v) is 9.18. The first-order chi connectivity index (χ1) is 12.3. The topological polar surface area (TPSA) is 85.4 Å². The smallest absolute Gasteiger partial charge is 0.307 e. The maximum absolute atomic E-state index is 12.2. The number of ketones is 1. The number of rotatable bonds is 7. The van der Waals surface area contributed by atoms with Gasteiger partial charge in [0.2, 0.25) is 0 Å². The van der Waals surface area contributed by atoms with E-state index in [0.29, 0.717) is 11.3 Å². The zero-order chi connectivity index (χ0) is 19.3. The number of esters is 1. The third-order valence-corrected chi connectivity index (χ3v) is 4.86. The summed E-state index contributed by atoms with van der Waals surface area (Å²) in [4.78, 5) is 42.0. The highest BCUT2D eigenvalue weighted by Crippen LogP contribution is 2.22. The third-order valence-electron chi connectivity index (χ3n) is 3.59. The first-order valence-electron chi connectivity index (χ1n) is 7.99. The molecule has 2 heterocycles. The van der Waals surface area contributed by atoms with Crippen molar-refractivity contribution in [3.8, 4) is 0 Å². The van der Waals surface area contributed by atoms with Gasteiger partial charge in [0.1, 0.15) is 0 Å². The van der Waals surface area contributed by atoms with Gasteiger partial charge < -0.3 is 10.1 Å². The molecule has 1 N–H and O–H groups in total. The second-order valence-corrected chi connectivity index (χ2v) is 7.53. The van der Waals surface area contributed by atoms with E-state index in [1.165, 1.54) is 13.1 Å². The molecule has 0 spiro atoms. The molecule has 1 amide bonds. The van der Waals surface area contributed by atoms with Gasteiger partial charge in [-0.1, -0.05) is 11.6 Å². The van der Waals surface area contributed by atoms with E-state index in [-0.39, 0.29) is 23.8 Å². The minimum Gasteiger partial charge on any atom is -0.453 e. The molecule has 0 saturated heterocycles. The van der Waals surface area contributed by atoms with Crippen LogP contribution in [0.5, 0.6) is 0 Å². The highest BCUT2D eigenvalue weighted by Gasteiger charge is 2.20. The monoisotopic (exact) mass is 394 g/mol. The molecule has 0 aliphatic heterocycles. The van der Waals surface area contributed by atoms with Gasteiger partial charge in [-0.05, 0) is 39.0 Å². The zero-order valence-corrected chi connectivity index (χ0v) is 16.2. The Morgan fingerprint density at radius 3 is 2.65 bits per heavy atom. The number of aromatic nitrogens is 1. The van der Waals surface area contributed by atoms with E-state index in [9.17, 15) is 14.4 Å². The van der Waals surface area contributed by atoms with Crippen molar-refractivity contribution in [1.82, 2.24) is 4.98 Å². The zero-order valence-electron chi connectivity index (χ0n) is 14.7. The van der Waals surface area contributed by atoms with Gasteiger partial charge in [0.25, 0.3) is 5.91 Å². The standard InChI is InChI=1S/C18H19ClN2O4S/c1-10-9-13(12(3)26-10)15(22)6-7-16(23)25-11(2)18(24)21-14-5-4-8-20-17(14)19/h4-5,8-9,11H,6-7H2,1-3H3,(H,21,24)/t11-/m1/s1. The van der Waals surface area contributed by atoms with Gasteiger partial charge in [0.15, 0.2) is 17.0 Å². The van der Waals surface area contributed by atoms with Crippen molar-refractivity contribution in [2.24, 2.45) is 0 Å². The summed E-state index contributed by atoms with van der Waals surface area (Å²) in [5.41, 5.74) is 0.970. The summed E-state index contributed by atoms with van der Waals surface area (Å²) < 4.78 is 5.08. The molecule has 0 aliphatic carbocycles. The SMILES string of the molecule is Cc1cc(C(=O)CCC(=O)O[C@H](C)C(=O)Nc2cccnc2Cl)c(C)s1. The van der Waals surface area contributed by atoms with Crippen LogP contribution in [0.1, 0.15) is 39.9 Å². The average molecular weight is 395 g/mol. The summed E-state index contributed by atoms with van der Waals surface area (Å²) in [7, 11) is 0. The summed E-state index contributed by atoms with van der Waals surface area (Å²) in [6, 6.07) is 5.03. The Kier molecular flexibility index (Phi) is 6.88. The van der Waals surface area contributed by atoms with E-state index in [0.717, 1.165) is 9.75 Å². The van der Waals surface area contributed by atoms with Crippen LogP contribution >= 0.6 is 22.9 Å². The Morgan fingerprint density at radius 1 is 1.31 bits per heavy atom. The number of hydrogen-bond acceptors (Lipinski definition) is 6. The van der Waals surface area contributed by atoms with Gasteiger partial charge in [-0.2, -0.15) is 0 Å². The van der Waals surface area contributed by atoms with Crippen molar-refractivity contribution in [3.63, 3.8) is 0 Å². The Labute approximate surface area is 160 Å². The highest BCUT2D eigenvalue weighted by atomic mass is 35.5. The predicted octanol–water partition coefficient (Wildman–Crippen LogP) is 3.95. The lowest BCUT2D eigenvalue weighted by Gasteiger charge is -2.13. The summed E-state index contributed by atoms with van der Waals surface area (Å²) in [5, 5.41) is 2.68. The van der Waals surface area contributed by atoms with Gasteiger partial charge in [-0.15, -0.1) is 11.3 Å². The molecule has 1 atom stereocenters. The fourth-order valence-electron chi connectivity index (χ4n) is 2.28. The quantitative estimate of drug-likeness (QED) is 0.436. The second-order valence-electron chi connectivity index (χ2n) is 5.71. The van der Waals surface area contributed by atoms with Gasteiger partial charge in [0, 0.05) is 27.9 Å². The van der Waals surface area contributed by atoms with Crippen LogP contribution in [0.4, 0.5) is 5.69 Å². The van der Waals surface area contributed by atoms with Crippen LogP contribution in [0.15, 0.2) is 24.4 Å². The van der Waals surface area contributed by atoms with Crippen LogP contribution in [-0.2, 0) is 14.3 Å². The molecule has 2 aromatic heterocycles. The van der Waals surface area contributed by atoms with Gasteiger partial charge in [-0.25, -0.2) is 4.98 Å². The maximum Gasteiger partial charge on any atom is 0.307 e. The van der Waals surface area contributed by atoms with Crippen molar-refractivity contribution in [3.05, 3.63) is 44.9 Å². The molecule has 0 bridgehead atoms. The lowest BCUT2D eigenvalue weighted by atomic mass is 10.1. The molecule has 0 radical (unpaired) electrons. The van der Waals surface area contributed by atoms with Crippen LogP contribution in [0.3, 0.4) is 0 Å². The number of carbonyl (C=O) groups is 3. The molecule has 8 heteroatoms. The minimum absolute atomic E-state index is 0.0403. The lowest BCUT2D eigenvalue weighted by Crippen LogP contribution is -2.30. The summed E-state index contributed by atoms with van der Waals surface area (Å²) in [5.74, 6) is -1.24. The number of aryl methyl sites for hydroxylation is 2. The number of carbonyl (C=O) groups excluding carboxylic acids is 3. The Hall–Kier alpha value is -2.25. The molecule has 0 aromatic carbocycles. The number of anilines is 1. The second kappa shape index (κ2) is 8.91. The number of nitrogens with one attached hydrogen (secondary N) is 1. The fourth-order valence-corrected chi connectivity index (χ4v) is 3.39. The van der Waals surface area contributed by atoms with E-state index in [4.69, 9.17) is 16.3 Å². The number of ether oxygens (including phenoxy) is 1. The highest BCUT2D eigenvalue weighted by molar-refractivity contribution is 7.12. The van der Waals surface area contributed by atoms with E-state index in [1.807, 2.05) is 19.9 Å². The fraction of sp³-hybridized carbons (Fsp3) is 0.333. The largest absolute Gasteiger partial charge is 0.453 e. The molecule has 0 saturated carbocycles. The van der Waals surface area contributed by atoms with Crippen LogP contribution < -0.4 is 5.32 Å². The average Bonchev–Trinajstić information content (AvgIpc) is 2.93. The molecule has 6 nitrogen and oxygen atoms in total. The van der Waals surface area contributed by atoms with Crippen molar-refractivity contribution < 1.29 is 19.1 Å². The number of halogens is 1. The van der Waals surface area contributed by atoms with Crippen LogP contribution in [0.2, 0.25) is 5.15 Å².